The zero-order valence-corrected chi connectivity index (χ0v) is 28.5. The number of benzene rings is 6. The molecule has 0 heterocycles. The van der Waals surface area contributed by atoms with E-state index in [0.29, 0.717) is 26.6 Å². The first-order valence-electron chi connectivity index (χ1n) is 14.0. The second-order valence-electron chi connectivity index (χ2n) is 9.91. The van der Waals surface area contributed by atoms with Crippen LogP contribution in [0.4, 0.5) is 0 Å². The van der Waals surface area contributed by atoms with E-state index in [9.17, 15) is 19.6 Å². The lowest BCUT2D eigenvalue weighted by Gasteiger charge is -2.17. The largest absolute Gasteiger partial charge is 0.426 e. The highest BCUT2D eigenvalue weighted by atomic mass is 35.5. The summed E-state index contributed by atoms with van der Waals surface area (Å²) in [6.45, 7) is 0. The Morgan fingerprint density at radius 1 is 0.383 bits per heavy atom. The number of rotatable bonds is 8. The molecular formula is C36H27Cl3O6P2. The topological polar surface area (TPSA) is 99.4 Å². The molecule has 11 heteroatoms. The van der Waals surface area contributed by atoms with Crippen molar-refractivity contribution in [3.05, 3.63) is 155 Å². The third kappa shape index (κ3) is 9.10. The fourth-order valence-corrected chi connectivity index (χ4v) is 6.15. The summed E-state index contributed by atoms with van der Waals surface area (Å²) >= 11 is 18.4. The minimum atomic E-state index is -2.52. The van der Waals surface area contributed by atoms with Crippen molar-refractivity contribution < 1.29 is 28.6 Å². The van der Waals surface area contributed by atoms with E-state index in [1.807, 2.05) is 91.0 Å². The Morgan fingerprint density at radius 2 is 0.830 bits per heavy atom. The van der Waals surface area contributed by atoms with Gasteiger partial charge in [-0.25, -0.2) is 0 Å². The van der Waals surface area contributed by atoms with E-state index in [-0.39, 0.29) is 0 Å². The van der Waals surface area contributed by atoms with Crippen molar-refractivity contribution in [1.82, 2.24) is 0 Å². The van der Waals surface area contributed by atoms with Gasteiger partial charge in [-0.1, -0.05) is 132 Å². The van der Waals surface area contributed by atoms with E-state index in [4.69, 9.17) is 43.9 Å². The van der Waals surface area contributed by atoms with Crippen LogP contribution in [0.1, 0.15) is 0 Å². The van der Waals surface area contributed by atoms with Gasteiger partial charge in [-0.05, 0) is 70.3 Å². The molecule has 0 bridgehead atoms. The van der Waals surface area contributed by atoms with Crippen LogP contribution in [0.25, 0.3) is 44.5 Å². The summed E-state index contributed by atoms with van der Waals surface area (Å²) < 4.78 is 10.5. The average molecular weight is 724 g/mol. The maximum absolute atomic E-state index is 9.28. The van der Waals surface area contributed by atoms with Crippen molar-refractivity contribution in [2.75, 3.05) is 0 Å². The molecule has 238 valence electrons. The molecular weight excluding hydrogens is 697 g/mol. The van der Waals surface area contributed by atoms with Crippen molar-refractivity contribution in [2.24, 2.45) is 0 Å². The SMILES string of the molecule is OP(O)Oc1ccc(Cl)c(-c2ccccc2)c1-c1ccccc1.OP(O)Oc1cccc(-c2ccc(Cl)cc2)c1-c1ccc(Cl)cc1. The molecule has 0 amide bonds. The molecule has 0 radical (unpaired) electrons. The lowest BCUT2D eigenvalue weighted by atomic mass is 9.93. The van der Waals surface area contributed by atoms with E-state index < -0.39 is 17.2 Å². The van der Waals surface area contributed by atoms with E-state index in [1.54, 1.807) is 48.5 Å². The molecule has 6 nitrogen and oxygen atoms in total. The molecule has 6 rings (SSSR count). The summed E-state index contributed by atoms with van der Waals surface area (Å²) in [4.78, 5) is 37.1. The van der Waals surface area contributed by atoms with Crippen LogP contribution in [0, 0.1) is 0 Å². The van der Waals surface area contributed by atoms with Crippen LogP contribution in [-0.2, 0) is 0 Å². The van der Waals surface area contributed by atoms with Crippen molar-refractivity contribution in [3.63, 3.8) is 0 Å². The van der Waals surface area contributed by atoms with Gasteiger partial charge >= 0.3 is 17.2 Å². The minimum absolute atomic E-state index is 0.385. The highest BCUT2D eigenvalue weighted by molar-refractivity contribution is 7.40. The molecule has 47 heavy (non-hydrogen) atoms. The van der Waals surface area contributed by atoms with Crippen molar-refractivity contribution in [1.29, 1.82) is 0 Å². The molecule has 0 unspecified atom stereocenters. The van der Waals surface area contributed by atoms with Crippen LogP contribution in [0.3, 0.4) is 0 Å². The normalized spacial score (nSPS) is 10.8. The third-order valence-corrected chi connectivity index (χ3v) is 8.45. The van der Waals surface area contributed by atoms with Gasteiger partial charge in [-0.2, -0.15) is 0 Å². The van der Waals surface area contributed by atoms with Gasteiger partial charge in [0.1, 0.15) is 11.5 Å². The maximum atomic E-state index is 9.28. The van der Waals surface area contributed by atoms with Crippen LogP contribution < -0.4 is 9.05 Å². The zero-order valence-electron chi connectivity index (χ0n) is 24.4. The average Bonchev–Trinajstić information content (AvgIpc) is 3.07. The van der Waals surface area contributed by atoms with Gasteiger partial charge in [0.25, 0.3) is 0 Å². The Bertz CT molecular complexity index is 1910. The Hall–Kier alpha value is -3.51. The highest BCUT2D eigenvalue weighted by Gasteiger charge is 2.19. The lowest BCUT2D eigenvalue weighted by molar-refractivity contribution is 0.374. The van der Waals surface area contributed by atoms with Crippen LogP contribution >= 0.6 is 52.0 Å². The number of hydrogen-bond acceptors (Lipinski definition) is 6. The number of hydrogen-bond donors (Lipinski definition) is 4. The van der Waals surface area contributed by atoms with Gasteiger partial charge in [-0.15, -0.1) is 0 Å². The highest BCUT2D eigenvalue weighted by Crippen LogP contribution is 2.46. The van der Waals surface area contributed by atoms with E-state index >= 15 is 0 Å². The molecule has 0 aliphatic carbocycles. The van der Waals surface area contributed by atoms with Gasteiger partial charge in [0.05, 0.1) is 0 Å². The molecule has 0 aliphatic rings. The summed E-state index contributed by atoms with van der Waals surface area (Å²) in [6, 6.07) is 42.8. The van der Waals surface area contributed by atoms with Crippen LogP contribution in [0.5, 0.6) is 11.5 Å². The number of halogens is 3. The molecule has 4 N–H and O–H groups in total. The summed E-state index contributed by atoms with van der Waals surface area (Å²) in [6.07, 6.45) is 0. The summed E-state index contributed by atoms with van der Waals surface area (Å²) in [5.74, 6) is 0.774. The van der Waals surface area contributed by atoms with Gasteiger partial charge in [0.2, 0.25) is 0 Å². The molecule has 6 aromatic carbocycles. The molecule has 0 spiro atoms. The predicted octanol–water partition coefficient (Wildman–Crippen LogP) is 11.2. The quantitative estimate of drug-likeness (QED) is 0.117. The minimum Gasteiger partial charge on any atom is -0.426 e. The van der Waals surface area contributed by atoms with Crippen LogP contribution in [0.2, 0.25) is 15.1 Å². The van der Waals surface area contributed by atoms with Crippen molar-refractivity contribution >= 4 is 52.0 Å². The molecule has 0 fully saturated rings. The fraction of sp³-hybridized carbons (Fsp3) is 0. The standard InChI is InChI=1S/C18H13Cl2O3P.C18H14ClO3P/c19-14-8-4-12(5-9-14)16-2-1-3-17(23-24(21)22)18(16)13-6-10-15(20)11-7-13;19-15-11-12-16(22-23(20)21)18(14-9-5-2-6-10-14)17(15)13-7-3-1-4-8-13/h1-11,21-22H;1-12,20-21H. The first-order valence-corrected chi connectivity index (χ1v) is 17.5. The smallest absolute Gasteiger partial charge is 0.391 e. The van der Waals surface area contributed by atoms with Crippen LogP contribution in [0.15, 0.2) is 140 Å². The second kappa shape index (κ2) is 16.5. The molecule has 0 saturated heterocycles. The predicted molar refractivity (Wildman–Crippen MR) is 194 cm³/mol. The Kier molecular flexibility index (Phi) is 12.3. The van der Waals surface area contributed by atoms with E-state index in [1.165, 1.54) is 0 Å². The Morgan fingerprint density at radius 3 is 1.34 bits per heavy atom. The molecule has 0 atom stereocenters. The lowest BCUT2D eigenvalue weighted by Crippen LogP contribution is -1.93. The van der Waals surface area contributed by atoms with Gasteiger partial charge in [0.15, 0.2) is 0 Å². The van der Waals surface area contributed by atoms with E-state index in [2.05, 4.69) is 0 Å². The van der Waals surface area contributed by atoms with Crippen molar-refractivity contribution in [3.8, 4) is 56.0 Å². The fourth-order valence-electron chi connectivity index (χ4n) is 4.98. The monoisotopic (exact) mass is 722 g/mol. The van der Waals surface area contributed by atoms with Crippen LogP contribution in [-0.4, -0.2) is 19.6 Å². The Balaban J connectivity index is 0.000000185. The first-order chi connectivity index (χ1) is 22.7. The zero-order chi connectivity index (χ0) is 33.3. The van der Waals surface area contributed by atoms with Gasteiger partial charge in [0, 0.05) is 31.8 Å². The van der Waals surface area contributed by atoms with Crippen molar-refractivity contribution in [2.45, 2.75) is 0 Å². The van der Waals surface area contributed by atoms with Gasteiger partial charge in [-0.3, -0.25) is 0 Å². The van der Waals surface area contributed by atoms with E-state index in [0.717, 1.165) is 44.5 Å². The molecule has 0 saturated carbocycles. The summed E-state index contributed by atoms with van der Waals surface area (Å²) in [5.41, 5.74) is 6.80. The molecule has 6 aromatic rings. The maximum Gasteiger partial charge on any atom is 0.391 e. The molecule has 0 aliphatic heterocycles. The summed E-state index contributed by atoms with van der Waals surface area (Å²) in [7, 11) is -5.04. The van der Waals surface area contributed by atoms with Gasteiger partial charge < -0.3 is 28.6 Å². The second-order valence-corrected chi connectivity index (χ2v) is 12.6. The first kappa shape index (κ1) is 34.8. The molecule has 0 aromatic heterocycles. The Labute approximate surface area is 290 Å². The summed E-state index contributed by atoms with van der Waals surface area (Å²) in [5, 5.41) is 1.84. The third-order valence-electron chi connectivity index (χ3n) is 6.92.